The number of ether oxygens (including phenoxy) is 2. The molecule has 132 valence electrons. The van der Waals surface area contributed by atoms with E-state index in [1.54, 1.807) is 12.1 Å². The molecule has 1 heterocycles. The van der Waals surface area contributed by atoms with Gasteiger partial charge in [0.05, 0.1) is 27.0 Å². The van der Waals surface area contributed by atoms with Crippen molar-refractivity contribution in [3.8, 4) is 11.5 Å². The Hall–Kier alpha value is -3.49. The Morgan fingerprint density at radius 3 is 2.24 bits per heavy atom. The molecule has 0 aliphatic heterocycles. The second-order valence-electron chi connectivity index (χ2n) is 4.76. The molecule has 0 radical (unpaired) electrons. The first-order chi connectivity index (χ1) is 12.0. The minimum Gasteiger partial charge on any atom is -0.497 e. The van der Waals surface area contributed by atoms with Gasteiger partial charge in [-0.15, -0.1) is 0 Å². The Kier molecular flexibility index (Phi) is 5.99. The summed E-state index contributed by atoms with van der Waals surface area (Å²) < 4.78 is 15.0. The summed E-state index contributed by atoms with van der Waals surface area (Å²) in [5.41, 5.74) is 4.66. The topological polar surface area (TPSA) is 119 Å². The van der Waals surface area contributed by atoms with Crippen LogP contribution in [0, 0.1) is 0 Å². The lowest BCUT2D eigenvalue weighted by Crippen LogP contribution is -2.46. The Bertz CT molecular complexity index is 735. The molecule has 3 amide bonds. The van der Waals surface area contributed by atoms with E-state index < -0.39 is 17.7 Å². The van der Waals surface area contributed by atoms with Crippen molar-refractivity contribution in [2.45, 2.75) is 0 Å². The van der Waals surface area contributed by atoms with Crippen molar-refractivity contribution >= 4 is 17.7 Å². The molecule has 9 nitrogen and oxygen atoms in total. The molecular formula is C16H17N3O6. The van der Waals surface area contributed by atoms with Gasteiger partial charge in [-0.3, -0.25) is 25.2 Å². The normalized spacial score (nSPS) is 9.84. The number of benzene rings is 1. The highest BCUT2D eigenvalue weighted by atomic mass is 16.5. The lowest BCUT2D eigenvalue weighted by atomic mass is 10.2. The Labute approximate surface area is 143 Å². The van der Waals surface area contributed by atoms with Crippen molar-refractivity contribution in [3.05, 3.63) is 47.9 Å². The molecule has 0 aliphatic rings. The highest BCUT2D eigenvalue weighted by Crippen LogP contribution is 2.22. The number of carbonyl (C=O) groups is 3. The number of furan rings is 1. The average molecular weight is 347 g/mol. The molecule has 0 saturated heterocycles. The number of hydrogen-bond donors (Lipinski definition) is 3. The van der Waals surface area contributed by atoms with Crippen LogP contribution in [0.3, 0.4) is 0 Å². The molecule has 25 heavy (non-hydrogen) atoms. The number of hydrazine groups is 1. The minimum absolute atomic E-state index is 0.0836. The van der Waals surface area contributed by atoms with Gasteiger partial charge >= 0.3 is 0 Å². The molecular weight excluding hydrogens is 330 g/mol. The summed E-state index contributed by atoms with van der Waals surface area (Å²) in [6.45, 7) is -0.332. The van der Waals surface area contributed by atoms with Crippen molar-refractivity contribution in [3.63, 3.8) is 0 Å². The quantitative estimate of drug-likeness (QED) is 0.654. The molecule has 1 aromatic carbocycles. The van der Waals surface area contributed by atoms with E-state index in [9.17, 15) is 14.4 Å². The first kappa shape index (κ1) is 17.9. The van der Waals surface area contributed by atoms with Gasteiger partial charge in [-0.2, -0.15) is 0 Å². The SMILES string of the molecule is COc1cc(OC)cc(C(=O)NNC(=O)CNC(=O)c2ccco2)c1. The summed E-state index contributed by atoms with van der Waals surface area (Å²) >= 11 is 0. The van der Waals surface area contributed by atoms with E-state index in [4.69, 9.17) is 13.9 Å². The molecule has 9 heteroatoms. The van der Waals surface area contributed by atoms with Crippen LogP contribution in [-0.2, 0) is 4.79 Å². The van der Waals surface area contributed by atoms with Crippen LogP contribution in [0.25, 0.3) is 0 Å². The fourth-order valence-corrected chi connectivity index (χ4v) is 1.84. The molecule has 0 unspecified atom stereocenters. The second kappa shape index (κ2) is 8.39. The zero-order valence-electron chi connectivity index (χ0n) is 13.6. The largest absolute Gasteiger partial charge is 0.497 e. The van der Waals surface area contributed by atoms with Crippen LogP contribution in [0.2, 0.25) is 0 Å². The summed E-state index contributed by atoms with van der Waals surface area (Å²) in [7, 11) is 2.92. The van der Waals surface area contributed by atoms with Crippen molar-refractivity contribution in [1.82, 2.24) is 16.2 Å². The van der Waals surface area contributed by atoms with Crippen LogP contribution in [0.4, 0.5) is 0 Å². The first-order valence-corrected chi connectivity index (χ1v) is 7.17. The summed E-state index contributed by atoms with van der Waals surface area (Å²) in [5.74, 6) is -0.765. The van der Waals surface area contributed by atoms with E-state index in [1.807, 2.05) is 0 Å². The van der Waals surface area contributed by atoms with Crippen molar-refractivity contribution in [1.29, 1.82) is 0 Å². The van der Waals surface area contributed by atoms with Crippen LogP contribution in [0.5, 0.6) is 11.5 Å². The number of hydrogen-bond acceptors (Lipinski definition) is 6. The standard InChI is InChI=1S/C16H17N3O6/c1-23-11-6-10(7-12(8-11)24-2)15(21)19-18-14(20)9-17-16(22)13-4-3-5-25-13/h3-8H,9H2,1-2H3,(H,17,22)(H,18,20)(H,19,21). The molecule has 0 atom stereocenters. The molecule has 0 spiro atoms. The van der Waals surface area contributed by atoms with Gasteiger partial charge in [0, 0.05) is 11.6 Å². The van der Waals surface area contributed by atoms with Gasteiger partial charge in [-0.25, -0.2) is 0 Å². The fraction of sp³-hybridized carbons (Fsp3) is 0.188. The Morgan fingerprint density at radius 1 is 1.00 bits per heavy atom. The van der Waals surface area contributed by atoms with E-state index in [1.165, 1.54) is 38.7 Å². The molecule has 2 aromatic rings. The number of methoxy groups -OCH3 is 2. The van der Waals surface area contributed by atoms with Gasteiger partial charge in [0.1, 0.15) is 11.5 Å². The lowest BCUT2D eigenvalue weighted by Gasteiger charge is -2.10. The smallest absolute Gasteiger partial charge is 0.287 e. The van der Waals surface area contributed by atoms with E-state index >= 15 is 0 Å². The monoisotopic (exact) mass is 347 g/mol. The van der Waals surface area contributed by atoms with Gasteiger partial charge in [0.15, 0.2) is 5.76 Å². The van der Waals surface area contributed by atoms with Gasteiger partial charge in [0.25, 0.3) is 17.7 Å². The van der Waals surface area contributed by atoms with E-state index in [0.717, 1.165) is 0 Å². The fourth-order valence-electron chi connectivity index (χ4n) is 1.84. The second-order valence-corrected chi connectivity index (χ2v) is 4.76. The molecule has 2 rings (SSSR count). The van der Waals surface area contributed by atoms with E-state index in [0.29, 0.717) is 11.5 Å². The van der Waals surface area contributed by atoms with E-state index in [-0.39, 0.29) is 17.9 Å². The van der Waals surface area contributed by atoms with Gasteiger partial charge in [0.2, 0.25) is 0 Å². The summed E-state index contributed by atoms with van der Waals surface area (Å²) in [4.78, 5) is 35.4. The summed E-state index contributed by atoms with van der Waals surface area (Å²) in [6, 6.07) is 7.60. The zero-order chi connectivity index (χ0) is 18.2. The highest BCUT2D eigenvalue weighted by Gasteiger charge is 2.13. The molecule has 1 aromatic heterocycles. The van der Waals surface area contributed by atoms with Crippen molar-refractivity contribution in [2.24, 2.45) is 0 Å². The number of carbonyl (C=O) groups excluding carboxylic acids is 3. The average Bonchev–Trinajstić information content (AvgIpc) is 3.18. The predicted octanol–water partition coefficient (Wildman–Crippen LogP) is 0.488. The third-order valence-corrected chi connectivity index (χ3v) is 3.08. The zero-order valence-corrected chi connectivity index (χ0v) is 13.6. The number of amides is 3. The Balaban J connectivity index is 1.85. The number of rotatable bonds is 6. The maximum absolute atomic E-state index is 12.1. The Morgan fingerprint density at radius 2 is 1.68 bits per heavy atom. The molecule has 0 fully saturated rings. The minimum atomic E-state index is -0.608. The van der Waals surface area contributed by atoms with Crippen LogP contribution >= 0.6 is 0 Å². The van der Waals surface area contributed by atoms with Crippen LogP contribution in [0.1, 0.15) is 20.9 Å². The van der Waals surface area contributed by atoms with Crippen molar-refractivity contribution in [2.75, 3.05) is 20.8 Å². The highest BCUT2D eigenvalue weighted by molar-refractivity contribution is 5.97. The van der Waals surface area contributed by atoms with Crippen LogP contribution in [-0.4, -0.2) is 38.5 Å². The summed E-state index contributed by atoms with van der Waals surface area (Å²) in [6.07, 6.45) is 1.34. The van der Waals surface area contributed by atoms with Gasteiger partial charge in [-0.1, -0.05) is 0 Å². The lowest BCUT2D eigenvalue weighted by molar-refractivity contribution is -0.120. The summed E-state index contributed by atoms with van der Waals surface area (Å²) in [5, 5.41) is 2.35. The molecule has 0 bridgehead atoms. The van der Waals surface area contributed by atoms with Gasteiger partial charge < -0.3 is 19.2 Å². The number of nitrogens with one attached hydrogen (secondary N) is 3. The maximum atomic E-state index is 12.1. The predicted molar refractivity (Wildman–Crippen MR) is 86.2 cm³/mol. The van der Waals surface area contributed by atoms with Crippen molar-refractivity contribution < 1.29 is 28.3 Å². The van der Waals surface area contributed by atoms with Gasteiger partial charge in [-0.05, 0) is 24.3 Å². The molecule has 3 N–H and O–H groups in total. The van der Waals surface area contributed by atoms with Crippen LogP contribution < -0.4 is 25.6 Å². The third-order valence-electron chi connectivity index (χ3n) is 3.08. The maximum Gasteiger partial charge on any atom is 0.287 e. The van der Waals surface area contributed by atoms with Crippen LogP contribution in [0.15, 0.2) is 41.0 Å². The first-order valence-electron chi connectivity index (χ1n) is 7.17. The molecule has 0 saturated carbocycles. The van der Waals surface area contributed by atoms with E-state index in [2.05, 4.69) is 16.2 Å². The molecule has 0 aliphatic carbocycles. The third kappa shape index (κ3) is 4.99.